The Kier molecular flexibility index (Phi) is 5.63. The van der Waals surface area contributed by atoms with Gasteiger partial charge in [-0.15, -0.1) is 0 Å². The van der Waals surface area contributed by atoms with E-state index in [0.717, 1.165) is 17.0 Å². The van der Waals surface area contributed by atoms with Crippen molar-refractivity contribution in [2.24, 2.45) is 0 Å². The molecule has 0 radical (unpaired) electrons. The van der Waals surface area contributed by atoms with Crippen LogP contribution in [0.15, 0.2) is 61.1 Å². The number of carbonyl (C=O) groups is 1. The van der Waals surface area contributed by atoms with Gasteiger partial charge in [0.15, 0.2) is 0 Å². The van der Waals surface area contributed by atoms with Gasteiger partial charge in [-0.1, -0.05) is 0 Å². The lowest BCUT2D eigenvalue weighted by molar-refractivity contribution is 0.0952. The molecule has 0 bridgehead atoms. The number of benzene rings is 1. The molecule has 0 saturated carbocycles. The summed E-state index contributed by atoms with van der Waals surface area (Å²) in [6.07, 6.45) is 5.50. The Balaban J connectivity index is 1.50. The van der Waals surface area contributed by atoms with Crippen LogP contribution in [0.5, 0.6) is 5.75 Å². The third-order valence-electron chi connectivity index (χ3n) is 3.73. The third kappa shape index (κ3) is 4.69. The van der Waals surface area contributed by atoms with Crippen LogP contribution in [0.1, 0.15) is 24.2 Å². The molecule has 0 fully saturated rings. The number of hydrogen-bond donors (Lipinski definition) is 1. The van der Waals surface area contributed by atoms with E-state index in [1.54, 1.807) is 24.5 Å². The van der Waals surface area contributed by atoms with Crippen LogP contribution in [-0.2, 0) is 6.54 Å². The van der Waals surface area contributed by atoms with E-state index in [2.05, 4.69) is 15.4 Å². The van der Waals surface area contributed by atoms with Gasteiger partial charge in [0.1, 0.15) is 5.75 Å². The Morgan fingerprint density at radius 3 is 2.54 bits per heavy atom. The molecular formula is C20H22N4O2. The Morgan fingerprint density at radius 2 is 1.85 bits per heavy atom. The zero-order chi connectivity index (χ0) is 18.4. The van der Waals surface area contributed by atoms with Crippen molar-refractivity contribution >= 4 is 5.91 Å². The van der Waals surface area contributed by atoms with Crippen LogP contribution in [0, 0.1) is 0 Å². The molecule has 2 heterocycles. The molecule has 0 aliphatic carbocycles. The fourth-order valence-corrected chi connectivity index (χ4v) is 2.51. The number of hydrogen-bond acceptors (Lipinski definition) is 4. The van der Waals surface area contributed by atoms with Gasteiger partial charge in [0.2, 0.25) is 0 Å². The minimum absolute atomic E-state index is 0.109. The number of rotatable bonds is 7. The first-order chi connectivity index (χ1) is 12.6. The molecule has 6 nitrogen and oxygen atoms in total. The maximum absolute atomic E-state index is 12.2. The van der Waals surface area contributed by atoms with Crippen molar-refractivity contribution in [1.29, 1.82) is 0 Å². The molecule has 134 valence electrons. The molecule has 0 spiro atoms. The highest BCUT2D eigenvalue weighted by Gasteiger charge is 2.07. The highest BCUT2D eigenvalue weighted by molar-refractivity contribution is 5.94. The van der Waals surface area contributed by atoms with Crippen molar-refractivity contribution in [3.05, 3.63) is 66.6 Å². The Hall–Kier alpha value is -3.15. The number of nitrogens with zero attached hydrogens (tertiary/aromatic N) is 3. The van der Waals surface area contributed by atoms with Gasteiger partial charge in [0, 0.05) is 36.3 Å². The van der Waals surface area contributed by atoms with Gasteiger partial charge in [-0.3, -0.25) is 14.5 Å². The first-order valence-electron chi connectivity index (χ1n) is 8.60. The number of carbonyl (C=O) groups excluding carboxylic acids is 1. The van der Waals surface area contributed by atoms with Crippen LogP contribution in [0.2, 0.25) is 0 Å². The number of nitrogens with one attached hydrogen (secondary N) is 1. The molecule has 0 aliphatic rings. The van der Waals surface area contributed by atoms with Crippen molar-refractivity contribution in [2.75, 3.05) is 6.54 Å². The van der Waals surface area contributed by atoms with Crippen molar-refractivity contribution < 1.29 is 9.53 Å². The van der Waals surface area contributed by atoms with Crippen molar-refractivity contribution in [1.82, 2.24) is 20.1 Å². The summed E-state index contributed by atoms with van der Waals surface area (Å²) < 4.78 is 7.39. The number of pyridine rings is 1. The molecule has 3 rings (SSSR count). The van der Waals surface area contributed by atoms with E-state index in [1.165, 1.54) is 0 Å². The molecule has 0 saturated heterocycles. The second-order valence-electron chi connectivity index (χ2n) is 6.15. The highest BCUT2D eigenvalue weighted by atomic mass is 16.5. The van der Waals surface area contributed by atoms with Gasteiger partial charge >= 0.3 is 0 Å². The second kappa shape index (κ2) is 8.29. The minimum Gasteiger partial charge on any atom is -0.491 e. The Labute approximate surface area is 152 Å². The molecule has 1 aromatic carbocycles. The minimum atomic E-state index is -0.109. The first-order valence-corrected chi connectivity index (χ1v) is 8.60. The van der Waals surface area contributed by atoms with Gasteiger partial charge in [-0.25, -0.2) is 0 Å². The molecule has 1 N–H and O–H groups in total. The number of aromatic nitrogens is 3. The molecule has 2 aromatic heterocycles. The van der Waals surface area contributed by atoms with E-state index in [9.17, 15) is 4.79 Å². The molecule has 3 aromatic rings. The maximum Gasteiger partial charge on any atom is 0.251 e. The molecule has 1 amide bonds. The normalized spacial score (nSPS) is 10.7. The lowest BCUT2D eigenvalue weighted by Crippen LogP contribution is -2.27. The maximum atomic E-state index is 12.2. The predicted octanol–water partition coefficient (Wildman–Crippen LogP) is 3.16. The Bertz CT molecular complexity index is 842. The topological polar surface area (TPSA) is 69.0 Å². The van der Waals surface area contributed by atoms with Crippen LogP contribution >= 0.6 is 0 Å². The van der Waals surface area contributed by atoms with Gasteiger partial charge in [0.25, 0.3) is 5.91 Å². The van der Waals surface area contributed by atoms with E-state index in [0.29, 0.717) is 18.7 Å². The van der Waals surface area contributed by atoms with E-state index >= 15 is 0 Å². The van der Waals surface area contributed by atoms with Gasteiger partial charge < -0.3 is 10.1 Å². The van der Waals surface area contributed by atoms with E-state index in [-0.39, 0.29) is 12.0 Å². The van der Waals surface area contributed by atoms with Gasteiger partial charge in [-0.05, 0) is 56.3 Å². The monoisotopic (exact) mass is 350 g/mol. The fourth-order valence-electron chi connectivity index (χ4n) is 2.51. The third-order valence-corrected chi connectivity index (χ3v) is 3.73. The average Bonchev–Trinajstić information content (AvgIpc) is 3.11. The van der Waals surface area contributed by atoms with Crippen LogP contribution in [0.25, 0.3) is 11.3 Å². The molecule has 0 aliphatic heterocycles. The van der Waals surface area contributed by atoms with Crippen molar-refractivity contribution in [3.8, 4) is 17.0 Å². The molecule has 6 heteroatoms. The summed E-state index contributed by atoms with van der Waals surface area (Å²) in [7, 11) is 0. The molecule has 26 heavy (non-hydrogen) atoms. The summed E-state index contributed by atoms with van der Waals surface area (Å²) in [5.41, 5.74) is 2.52. The van der Waals surface area contributed by atoms with E-state index in [1.807, 2.05) is 55.1 Å². The smallest absolute Gasteiger partial charge is 0.251 e. The van der Waals surface area contributed by atoms with Gasteiger partial charge in [0.05, 0.1) is 18.3 Å². The predicted molar refractivity (Wildman–Crippen MR) is 100.0 cm³/mol. The lowest BCUT2D eigenvalue weighted by atomic mass is 10.2. The van der Waals surface area contributed by atoms with E-state index < -0.39 is 0 Å². The van der Waals surface area contributed by atoms with Crippen molar-refractivity contribution in [2.45, 2.75) is 26.5 Å². The molecule has 0 atom stereocenters. The molecule has 0 unspecified atom stereocenters. The number of amides is 1. The lowest BCUT2D eigenvalue weighted by Gasteiger charge is -2.10. The summed E-state index contributed by atoms with van der Waals surface area (Å²) in [6.45, 7) is 5.04. The summed E-state index contributed by atoms with van der Waals surface area (Å²) in [5, 5.41) is 7.42. The second-order valence-corrected chi connectivity index (χ2v) is 6.15. The van der Waals surface area contributed by atoms with Crippen LogP contribution < -0.4 is 10.1 Å². The van der Waals surface area contributed by atoms with Crippen LogP contribution in [0.4, 0.5) is 0 Å². The van der Waals surface area contributed by atoms with Crippen LogP contribution in [0.3, 0.4) is 0 Å². The largest absolute Gasteiger partial charge is 0.491 e. The van der Waals surface area contributed by atoms with Crippen LogP contribution in [-0.4, -0.2) is 33.3 Å². The summed E-state index contributed by atoms with van der Waals surface area (Å²) in [6, 6.07) is 12.9. The standard InChI is InChI=1S/C20H22N4O2/c1-15(2)26-18-5-3-17(4-6-18)20(25)22-12-14-24-13-9-19(23-24)16-7-10-21-11-8-16/h3-11,13,15H,12,14H2,1-2H3,(H,22,25). The fraction of sp³-hybridized carbons (Fsp3) is 0.250. The zero-order valence-electron chi connectivity index (χ0n) is 14.9. The van der Waals surface area contributed by atoms with Gasteiger partial charge in [-0.2, -0.15) is 5.10 Å². The van der Waals surface area contributed by atoms with E-state index in [4.69, 9.17) is 4.74 Å². The number of ether oxygens (including phenoxy) is 1. The zero-order valence-corrected chi connectivity index (χ0v) is 14.9. The van der Waals surface area contributed by atoms with Crippen molar-refractivity contribution in [3.63, 3.8) is 0 Å². The quantitative estimate of drug-likeness (QED) is 0.711. The summed E-state index contributed by atoms with van der Waals surface area (Å²) in [5.74, 6) is 0.652. The summed E-state index contributed by atoms with van der Waals surface area (Å²) in [4.78, 5) is 16.2. The SMILES string of the molecule is CC(C)Oc1ccc(C(=O)NCCn2ccc(-c3ccncc3)n2)cc1. The summed E-state index contributed by atoms with van der Waals surface area (Å²) >= 11 is 0. The molecular weight excluding hydrogens is 328 g/mol. The average molecular weight is 350 g/mol. The first kappa shape index (κ1) is 17.7. The highest BCUT2D eigenvalue weighted by Crippen LogP contribution is 2.15. The Morgan fingerprint density at radius 1 is 1.12 bits per heavy atom.